The van der Waals surface area contributed by atoms with Crippen LogP contribution in [0, 0.1) is 6.92 Å². The highest BCUT2D eigenvalue weighted by Crippen LogP contribution is 2.22. The summed E-state index contributed by atoms with van der Waals surface area (Å²) in [6.07, 6.45) is 0. The molecule has 0 aliphatic carbocycles. The normalized spacial score (nSPS) is 14.0. The first-order valence-corrected chi connectivity index (χ1v) is 10.0. The number of amides is 2. The Morgan fingerprint density at radius 3 is 2.36 bits per heavy atom. The van der Waals surface area contributed by atoms with Crippen LogP contribution >= 0.6 is 15.9 Å². The van der Waals surface area contributed by atoms with Gasteiger partial charge in [-0.3, -0.25) is 9.59 Å². The highest BCUT2D eigenvalue weighted by molar-refractivity contribution is 9.10. The Balaban J connectivity index is 1.49. The lowest BCUT2D eigenvalue weighted by Crippen LogP contribution is -2.48. The van der Waals surface area contributed by atoms with Crippen molar-refractivity contribution < 1.29 is 14.3 Å². The minimum atomic E-state index is -0.199. The average molecular weight is 446 g/mol. The lowest BCUT2D eigenvalue weighted by Gasteiger charge is -2.35. The van der Waals surface area contributed by atoms with Crippen molar-refractivity contribution >= 4 is 39.1 Å². The smallest absolute Gasteiger partial charge is 0.262 e. The van der Waals surface area contributed by atoms with Crippen molar-refractivity contribution in [1.82, 2.24) is 4.90 Å². The Morgan fingerprint density at radius 2 is 1.75 bits per heavy atom. The minimum Gasteiger partial charge on any atom is -0.484 e. The van der Waals surface area contributed by atoms with Crippen LogP contribution in [0.15, 0.2) is 46.9 Å². The van der Waals surface area contributed by atoms with Crippen molar-refractivity contribution in [3.05, 3.63) is 52.5 Å². The van der Waals surface area contributed by atoms with Crippen LogP contribution in [0.25, 0.3) is 0 Å². The molecule has 7 heteroatoms. The second-order valence-electron chi connectivity index (χ2n) is 6.78. The number of benzene rings is 2. The average Bonchev–Trinajstić information content (AvgIpc) is 2.69. The van der Waals surface area contributed by atoms with Crippen LogP contribution in [-0.4, -0.2) is 49.5 Å². The molecule has 2 amide bonds. The van der Waals surface area contributed by atoms with Gasteiger partial charge in [0.15, 0.2) is 6.61 Å². The van der Waals surface area contributed by atoms with Crippen molar-refractivity contribution in [3.8, 4) is 5.75 Å². The topological polar surface area (TPSA) is 61.9 Å². The summed E-state index contributed by atoms with van der Waals surface area (Å²) in [5.41, 5.74) is 2.85. The Morgan fingerprint density at radius 1 is 1.07 bits per heavy atom. The summed E-state index contributed by atoms with van der Waals surface area (Å²) in [4.78, 5) is 27.7. The van der Waals surface area contributed by atoms with E-state index in [0.717, 1.165) is 47.6 Å². The number of halogens is 1. The fraction of sp³-hybridized carbons (Fsp3) is 0.333. The second-order valence-corrected chi connectivity index (χ2v) is 7.70. The third kappa shape index (κ3) is 5.25. The molecule has 0 radical (unpaired) electrons. The third-order valence-electron chi connectivity index (χ3n) is 4.76. The molecule has 6 nitrogen and oxygen atoms in total. The van der Waals surface area contributed by atoms with Crippen molar-refractivity contribution in [2.45, 2.75) is 13.8 Å². The number of nitrogens with one attached hydrogen (secondary N) is 1. The van der Waals surface area contributed by atoms with E-state index in [-0.39, 0.29) is 18.4 Å². The van der Waals surface area contributed by atoms with Gasteiger partial charge in [-0.2, -0.15) is 0 Å². The van der Waals surface area contributed by atoms with Crippen LogP contribution in [0.1, 0.15) is 12.5 Å². The Kier molecular flexibility index (Phi) is 6.57. The van der Waals surface area contributed by atoms with E-state index < -0.39 is 0 Å². The fourth-order valence-electron chi connectivity index (χ4n) is 3.14. The van der Waals surface area contributed by atoms with Crippen LogP contribution in [0.4, 0.5) is 11.4 Å². The zero-order chi connectivity index (χ0) is 20.1. The summed E-state index contributed by atoms with van der Waals surface area (Å²) in [6, 6.07) is 13.4. The molecule has 1 aliphatic rings. The molecule has 2 aromatic rings. The number of rotatable bonds is 5. The molecule has 0 saturated carbocycles. The zero-order valence-electron chi connectivity index (χ0n) is 16.1. The van der Waals surface area contributed by atoms with Crippen LogP contribution in [0.3, 0.4) is 0 Å². The van der Waals surface area contributed by atoms with Crippen molar-refractivity contribution in [2.24, 2.45) is 0 Å². The lowest BCUT2D eigenvalue weighted by molar-refractivity contribution is -0.129. The molecule has 0 spiro atoms. The first-order chi connectivity index (χ1) is 13.4. The van der Waals surface area contributed by atoms with E-state index in [9.17, 15) is 9.59 Å². The fourth-order valence-corrected chi connectivity index (χ4v) is 3.61. The molecule has 2 aromatic carbocycles. The number of hydrogen-bond donors (Lipinski definition) is 1. The molecule has 0 aromatic heterocycles. The van der Waals surface area contributed by atoms with Crippen molar-refractivity contribution in [1.29, 1.82) is 0 Å². The van der Waals surface area contributed by atoms with Gasteiger partial charge >= 0.3 is 0 Å². The molecule has 0 unspecified atom stereocenters. The Bertz CT molecular complexity index is 846. The molecule has 0 bridgehead atoms. The molecule has 1 saturated heterocycles. The highest BCUT2D eigenvalue weighted by atomic mass is 79.9. The number of piperazine rings is 1. The van der Waals surface area contributed by atoms with E-state index >= 15 is 0 Å². The zero-order valence-corrected chi connectivity index (χ0v) is 17.7. The number of carbonyl (C=O) groups excluding carboxylic acids is 2. The van der Waals surface area contributed by atoms with Gasteiger partial charge in [-0.25, -0.2) is 0 Å². The largest absolute Gasteiger partial charge is 0.484 e. The highest BCUT2D eigenvalue weighted by Gasteiger charge is 2.18. The maximum atomic E-state index is 12.1. The standard InChI is InChI=1S/C21H24BrN3O3/c1-15-13-17(22)3-8-20(15)23-21(27)14-28-19-6-4-18(5-7-19)25-11-9-24(10-12-25)16(2)26/h3-8,13H,9-12,14H2,1-2H3,(H,23,27). The summed E-state index contributed by atoms with van der Waals surface area (Å²) in [6.45, 7) is 6.61. The van der Waals surface area contributed by atoms with Gasteiger partial charge in [-0.05, 0) is 55.0 Å². The van der Waals surface area contributed by atoms with Gasteiger partial charge in [-0.15, -0.1) is 0 Å². The van der Waals surface area contributed by atoms with Crippen LogP contribution in [-0.2, 0) is 9.59 Å². The molecule has 1 N–H and O–H groups in total. The van der Waals surface area contributed by atoms with Gasteiger partial charge in [0.05, 0.1) is 0 Å². The van der Waals surface area contributed by atoms with E-state index in [2.05, 4.69) is 26.1 Å². The molecule has 28 heavy (non-hydrogen) atoms. The first kappa shape index (κ1) is 20.2. The van der Waals surface area contributed by atoms with Gasteiger partial charge in [0.1, 0.15) is 5.75 Å². The number of anilines is 2. The number of aryl methyl sites for hydroxylation is 1. The summed E-state index contributed by atoms with van der Waals surface area (Å²) in [5, 5.41) is 2.86. The molecule has 3 rings (SSSR count). The number of hydrogen-bond acceptors (Lipinski definition) is 4. The van der Waals surface area contributed by atoms with Gasteiger partial charge in [0.25, 0.3) is 5.91 Å². The van der Waals surface area contributed by atoms with Gasteiger partial charge < -0.3 is 19.9 Å². The lowest BCUT2D eigenvalue weighted by atomic mass is 10.2. The second kappa shape index (κ2) is 9.10. The van der Waals surface area contributed by atoms with E-state index in [4.69, 9.17) is 4.74 Å². The summed E-state index contributed by atoms with van der Waals surface area (Å²) >= 11 is 3.41. The number of nitrogens with zero attached hydrogens (tertiary/aromatic N) is 2. The van der Waals surface area contributed by atoms with E-state index in [1.807, 2.05) is 54.3 Å². The predicted molar refractivity (Wildman–Crippen MR) is 114 cm³/mol. The van der Waals surface area contributed by atoms with Crippen molar-refractivity contribution in [2.75, 3.05) is 43.0 Å². The van der Waals surface area contributed by atoms with Gasteiger partial charge in [0, 0.05) is 49.0 Å². The van der Waals surface area contributed by atoms with Crippen LogP contribution < -0.4 is 15.0 Å². The van der Waals surface area contributed by atoms with Crippen LogP contribution in [0.5, 0.6) is 5.75 Å². The summed E-state index contributed by atoms with van der Waals surface area (Å²) < 4.78 is 6.58. The third-order valence-corrected chi connectivity index (χ3v) is 5.25. The van der Waals surface area contributed by atoms with E-state index in [1.54, 1.807) is 6.92 Å². The molecule has 1 fully saturated rings. The van der Waals surface area contributed by atoms with E-state index in [0.29, 0.717) is 5.75 Å². The quantitative estimate of drug-likeness (QED) is 0.765. The summed E-state index contributed by atoms with van der Waals surface area (Å²) in [5.74, 6) is 0.573. The predicted octanol–water partition coefficient (Wildman–Crippen LogP) is 3.44. The maximum Gasteiger partial charge on any atom is 0.262 e. The van der Waals surface area contributed by atoms with Crippen molar-refractivity contribution in [3.63, 3.8) is 0 Å². The Labute approximate surface area is 173 Å². The SMILES string of the molecule is CC(=O)N1CCN(c2ccc(OCC(=O)Nc3ccc(Br)cc3C)cc2)CC1. The minimum absolute atomic E-state index is 0.0495. The number of ether oxygens (including phenoxy) is 1. The molecule has 1 aliphatic heterocycles. The molecular formula is C21H24BrN3O3. The Hall–Kier alpha value is -2.54. The first-order valence-electron chi connectivity index (χ1n) is 9.22. The van der Waals surface area contributed by atoms with E-state index in [1.165, 1.54) is 0 Å². The summed E-state index contributed by atoms with van der Waals surface area (Å²) in [7, 11) is 0. The van der Waals surface area contributed by atoms with Gasteiger partial charge in [-0.1, -0.05) is 15.9 Å². The molecular weight excluding hydrogens is 422 g/mol. The maximum absolute atomic E-state index is 12.1. The monoisotopic (exact) mass is 445 g/mol. The van der Waals surface area contributed by atoms with Crippen LogP contribution in [0.2, 0.25) is 0 Å². The molecule has 1 heterocycles. The molecule has 148 valence electrons. The molecule has 0 atom stereocenters. The number of carbonyl (C=O) groups is 2. The van der Waals surface area contributed by atoms with Gasteiger partial charge in [0.2, 0.25) is 5.91 Å².